The Morgan fingerprint density at radius 2 is 1.41 bits per heavy atom. The highest BCUT2D eigenvalue weighted by Gasteiger charge is 2.13. The molecule has 196 valence electrons. The normalized spacial score (nSPS) is 11.1. The Kier molecular flexibility index (Phi) is 6.20. The molecule has 0 spiro atoms. The molecule has 7 aromatic rings. The van der Waals surface area contributed by atoms with Gasteiger partial charge in [0.25, 0.3) is 0 Å². The van der Waals surface area contributed by atoms with Gasteiger partial charge in [-0.1, -0.05) is 0 Å². The summed E-state index contributed by atoms with van der Waals surface area (Å²) in [6.45, 7) is 1.97. The van der Waals surface area contributed by atoms with Crippen molar-refractivity contribution < 1.29 is 4.74 Å². The molecule has 13 nitrogen and oxygen atoms in total. The molecule has 0 saturated carbocycles. The zero-order chi connectivity index (χ0) is 26.9. The zero-order valence-corrected chi connectivity index (χ0v) is 22.4. The minimum Gasteiger partial charge on any atom is -0.481 e. The molecule has 7 rings (SSSR count). The Labute approximate surface area is 226 Å². The number of rotatable bonds is 5. The van der Waals surface area contributed by atoms with E-state index < -0.39 is 0 Å². The van der Waals surface area contributed by atoms with Gasteiger partial charge in [0.15, 0.2) is 11.3 Å². The van der Waals surface area contributed by atoms with Crippen LogP contribution in [0, 0.1) is 6.92 Å². The number of nitrogens with one attached hydrogen (secondary N) is 1. The van der Waals surface area contributed by atoms with Crippen LogP contribution in [-0.2, 0) is 14.1 Å². The minimum atomic E-state index is 0.658. The lowest BCUT2D eigenvalue weighted by atomic mass is 10.2. The number of hydrogen-bond donors (Lipinski definition) is 1. The molecule has 1 N–H and O–H groups in total. The molecular weight excluding hydrogens is 516 g/mol. The number of aryl methyl sites for hydroxylation is 3. The van der Waals surface area contributed by atoms with Crippen molar-refractivity contribution in [1.29, 1.82) is 0 Å². The molecule has 0 bridgehead atoms. The maximum absolute atomic E-state index is 5.22. The van der Waals surface area contributed by atoms with Crippen molar-refractivity contribution in [2.24, 2.45) is 14.1 Å². The van der Waals surface area contributed by atoms with Crippen molar-refractivity contribution in [3.8, 4) is 28.1 Å². The number of fused-ring (bicyclic) bond motifs is 2. The fourth-order valence-electron chi connectivity index (χ4n) is 4.09. The third-order valence-electron chi connectivity index (χ3n) is 5.89. The van der Waals surface area contributed by atoms with E-state index in [1.54, 1.807) is 56.4 Å². The predicted octanol–water partition coefficient (Wildman–Crippen LogP) is 3.78. The highest BCUT2D eigenvalue weighted by atomic mass is 32.1. The van der Waals surface area contributed by atoms with Crippen LogP contribution in [0.2, 0.25) is 0 Å². The molecule has 0 aliphatic carbocycles. The number of ether oxygens (including phenoxy) is 1. The SMILES string of the molecule is COc1ccnc2c(-c3cnn(C)c3)cnn12.Cc1cc(Nc2ccnc3c(-c4cnn(C)c4)cnn23)sn1. The van der Waals surface area contributed by atoms with Crippen LogP contribution < -0.4 is 10.1 Å². The molecule has 0 amide bonds. The summed E-state index contributed by atoms with van der Waals surface area (Å²) in [6.07, 6.45) is 14.5. The Morgan fingerprint density at radius 3 is 1.97 bits per heavy atom. The van der Waals surface area contributed by atoms with E-state index >= 15 is 0 Å². The van der Waals surface area contributed by atoms with Gasteiger partial charge in [-0.05, 0) is 30.6 Å². The third kappa shape index (κ3) is 4.68. The van der Waals surface area contributed by atoms with E-state index in [-0.39, 0.29) is 0 Å². The summed E-state index contributed by atoms with van der Waals surface area (Å²) in [5.74, 6) is 1.51. The highest BCUT2D eigenvalue weighted by molar-refractivity contribution is 7.10. The molecule has 0 fully saturated rings. The van der Waals surface area contributed by atoms with E-state index in [0.717, 1.165) is 50.1 Å². The first-order valence-electron chi connectivity index (χ1n) is 11.9. The average molecular weight is 541 g/mol. The Hall–Kier alpha value is -5.11. The lowest BCUT2D eigenvalue weighted by molar-refractivity contribution is 0.385. The van der Waals surface area contributed by atoms with Crippen LogP contribution >= 0.6 is 11.5 Å². The second-order valence-corrected chi connectivity index (χ2v) is 9.47. The summed E-state index contributed by atoms with van der Waals surface area (Å²) in [6, 6.07) is 5.66. The quantitative estimate of drug-likeness (QED) is 0.347. The number of aromatic nitrogens is 11. The summed E-state index contributed by atoms with van der Waals surface area (Å²) >= 11 is 1.42. The van der Waals surface area contributed by atoms with Crippen LogP contribution in [-0.4, -0.2) is 60.2 Å². The van der Waals surface area contributed by atoms with Gasteiger partial charge in [-0.25, -0.2) is 9.97 Å². The molecule has 0 atom stereocenters. The molecule has 0 aliphatic rings. The first-order chi connectivity index (χ1) is 19.0. The van der Waals surface area contributed by atoms with Gasteiger partial charge in [-0.2, -0.15) is 33.8 Å². The molecule has 7 heterocycles. The van der Waals surface area contributed by atoms with E-state index in [2.05, 4.69) is 40.1 Å². The van der Waals surface area contributed by atoms with Gasteiger partial charge < -0.3 is 10.1 Å². The van der Waals surface area contributed by atoms with Crippen molar-refractivity contribution in [3.63, 3.8) is 0 Å². The summed E-state index contributed by atoms with van der Waals surface area (Å²) in [4.78, 5) is 8.76. The van der Waals surface area contributed by atoms with Gasteiger partial charge in [0.2, 0.25) is 5.88 Å². The Balaban J connectivity index is 0.000000147. The summed E-state index contributed by atoms with van der Waals surface area (Å²) in [5, 5.41) is 21.4. The van der Waals surface area contributed by atoms with E-state index in [1.807, 2.05) is 57.9 Å². The van der Waals surface area contributed by atoms with E-state index in [1.165, 1.54) is 11.5 Å². The maximum atomic E-state index is 5.22. The number of methoxy groups -OCH3 is 1. The van der Waals surface area contributed by atoms with Gasteiger partial charge in [0, 0.05) is 67.2 Å². The fraction of sp³-hybridized carbons (Fsp3) is 0.160. The van der Waals surface area contributed by atoms with Crippen molar-refractivity contribution in [2.45, 2.75) is 6.92 Å². The molecule has 0 aromatic carbocycles. The van der Waals surface area contributed by atoms with E-state index in [0.29, 0.717) is 5.88 Å². The van der Waals surface area contributed by atoms with Gasteiger partial charge in [0.05, 0.1) is 37.6 Å². The molecule has 0 aliphatic heterocycles. The van der Waals surface area contributed by atoms with Crippen LogP contribution in [0.25, 0.3) is 33.5 Å². The van der Waals surface area contributed by atoms with Gasteiger partial charge in [-0.15, -0.1) is 0 Å². The summed E-state index contributed by atoms with van der Waals surface area (Å²) in [5.41, 5.74) is 6.43. The lowest BCUT2D eigenvalue weighted by Gasteiger charge is -2.05. The Bertz CT molecular complexity index is 1890. The fourth-order valence-corrected chi connectivity index (χ4v) is 4.76. The van der Waals surface area contributed by atoms with Gasteiger partial charge >= 0.3 is 0 Å². The molecule has 39 heavy (non-hydrogen) atoms. The first kappa shape index (κ1) is 24.2. The van der Waals surface area contributed by atoms with Crippen LogP contribution in [0.1, 0.15) is 5.69 Å². The standard InChI is InChI=1S/C14H13N7S.C11H11N5O/c1-9-5-13(22-19-9)18-12-3-4-15-14-11(7-17-21(12)14)10-6-16-20(2)8-10;1-15-7-8(5-13-15)9-6-14-16-10(17-2)3-4-12-11(9)16/h3-8,18H,1-2H3;3-7H,1-2H3. The van der Waals surface area contributed by atoms with Crippen molar-refractivity contribution in [3.05, 3.63) is 73.5 Å². The van der Waals surface area contributed by atoms with Crippen molar-refractivity contribution in [1.82, 2.24) is 53.1 Å². The number of anilines is 2. The van der Waals surface area contributed by atoms with Crippen LogP contribution in [0.4, 0.5) is 10.8 Å². The van der Waals surface area contributed by atoms with Crippen LogP contribution in [0.5, 0.6) is 5.88 Å². The second kappa shape index (κ2) is 9.98. The van der Waals surface area contributed by atoms with Gasteiger partial charge in [-0.3, -0.25) is 9.36 Å². The average Bonchev–Trinajstić information content (AvgIpc) is 3.76. The zero-order valence-electron chi connectivity index (χ0n) is 21.6. The van der Waals surface area contributed by atoms with E-state index in [4.69, 9.17) is 4.74 Å². The molecular formula is C25H24N12OS. The molecule has 0 unspecified atom stereocenters. The second-order valence-electron chi connectivity index (χ2n) is 8.67. The molecule has 0 radical (unpaired) electrons. The maximum Gasteiger partial charge on any atom is 0.217 e. The van der Waals surface area contributed by atoms with E-state index in [9.17, 15) is 0 Å². The largest absolute Gasteiger partial charge is 0.481 e. The number of hydrogen-bond acceptors (Lipinski definition) is 10. The topological polar surface area (TPSA) is 130 Å². The van der Waals surface area contributed by atoms with Crippen LogP contribution in [0.3, 0.4) is 0 Å². The van der Waals surface area contributed by atoms with Crippen molar-refractivity contribution in [2.75, 3.05) is 12.4 Å². The smallest absolute Gasteiger partial charge is 0.217 e. The molecule has 14 heteroatoms. The summed E-state index contributed by atoms with van der Waals surface area (Å²) in [7, 11) is 5.38. The predicted molar refractivity (Wildman–Crippen MR) is 147 cm³/mol. The number of nitrogens with zero attached hydrogens (tertiary/aromatic N) is 11. The summed E-state index contributed by atoms with van der Waals surface area (Å²) < 4.78 is 16.5. The highest BCUT2D eigenvalue weighted by Crippen LogP contribution is 2.27. The monoisotopic (exact) mass is 540 g/mol. The molecule has 0 saturated heterocycles. The Morgan fingerprint density at radius 1 is 0.795 bits per heavy atom. The minimum absolute atomic E-state index is 0.658. The lowest BCUT2D eigenvalue weighted by Crippen LogP contribution is -1.99. The van der Waals surface area contributed by atoms with Crippen LogP contribution in [0.15, 0.2) is 67.8 Å². The van der Waals surface area contributed by atoms with Gasteiger partial charge in [0.1, 0.15) is 10.8 Å². The first-order valence-corrected chi connectivity index (χ1v) is 12.7. The van der Waals surface area contributed by atoms with Crippen molar-refractivity contribution >= 4 is 33.6 Å². The third-order valence-corrected chi connectivity index (χ3v) is 6.68. The molecule has 7 aromatic heterocycles.